The molecule has 0 aliphatic heterocycles. The van der Waals surface area contributed by atoms with E-state index in [1.807, 2.05) is 36.7 Å². The largest absolute Gasteiger partial charge is 0.375 e. The molecule has 0 spiro atoms. The van der Waals surface area contributed by atoms with Crippen LogP contribution in [0.3, 0.4) is 0 Å². The highest BCUT2D eigenvalue weighted by Gasteiger charge is 2.12. The number of carbonyl (C=O) groups is 1. The van der Waals surface area contributed by atoms with Gasteiger partial charge in [-0.2, -0.15) is 5.10 Å². The standard InChI is InChI=1S/C16H21N3O2/c1-12-15(9-17-16(20)11-21-3)13(2)19(18-12)10-14-7-5-4-6-8-14/h4-8H,9-11H2,1-3H3,(H,17,20). The van der Waals surface area contributed by atoms with E-state index in [1.54, 1.807) is 0 Å². The Balaban J connectivity index is 2.08. The van der Waals surface area contributed by atoms with Crippen LogP contribution in [0.25, 0.3) is 0 Å². The summed E-state index contributed by atoms with van der Waals surface area (Å²) in [7, 11) is 1.51. The number of methoxy groups -OCH3 is 1. The lowest BCUT2D eigenvalue weighted by Gasteiger charge is -2.07. The second kappa shape index (κ2) is 7.04. The van der Waals surface area contributed by atoms with Gasteiger partial charge < -0.3 is 10.1 Å². The molecule has 0 saturated heterocycles. The summed E-state index contributed by atoms with van der Waals surface area (Å²) in [6.07, 6.45) is 0. The number of ether oxygens (including phenoxy) is 1. The SMILES string of the molecule is COCC(=O)NCc1c(C)nn(Cc2ccccc2)c1C. The van der Waals surface area contributed by atoms with Crippen LogP contribution in [0.15, 0.2) is 30.3 Å². The zero-order chi connectivity index (χ0) is 15.2. The Hall–Kier alpha value is -2.14. The molecule has 1 N–H and O–H groups in total. The van der Waals surface area contributed by atoms with Gasteiger partial charge in [0.2, 0.25) is 5.91 Å². The highest BCUT2D eigenvalue weighted by molar-refractivity contribution is 5.77. The first kappa shape index (κ1) is 15.3. The Morgan fingerprint density at radius 2 is 2.00 bits per heavy atom. The van der Waals surface area contributed by atoms with Crippen molar-refractivity contribution in [1.29, 1.82) is 0 Å². The quantitative estimate of drug-likeness (QED) is 0.881. The maximum Gasteiger partial charge on any atom is 0.246 e. The van der Waals surface area contributed by atoms with Gasteiger partial charge in [-0.1, -0.05) is 30.3 Å². The second-order valence-corrected chi connectivity index (χ2v) is 5.00. The molecule has 21 heavy (non-hydrogen) atoms. The molecular formula is C16H21N3O2. The predicted molar refractivity (Wildman–Crippen MR) is 81.0 cm³/mol. The monoisotopic (exact) mass is 287 g/mol. The molecule has 0 radical (unpaired) electrons. The summed E-state index contributed by atoms with van der Waals surface area (Å²) in [5.41, 5.74) is 4.30. The lowest BCUT2D eigenvalue weighted by atomic mass is 10.2. The van der Waals surface area contributed by atoms with E-state index in [0.717, 1.165) is 23.5 Å². The normalized spacial score (nSPS) is 10.6. The summed E-state index contributed by atoms with van der Waals surface area (Å²) < 4.78 is 6.78. The van der Waals surface area contributed by atoms with E-state index in [-0.39, 0.29) is 12.5 Å². The molecule has 5 nitrogen and oxygen atoms in total. The Bertz CT molecular complexity index is 605. The van der Waals surface area contributed by atoms with Crippen LogP contribution in [-0.2, 0) is 22.6 Å². The summed E-state index contributed by atoms with van der Waals surface area (Å²) in [5, 5.41) is 7.40. The number of hydrogen-bond donors (Lipinski definition) is 1. The van der Waals surface area contributed by atoms with Crippen LogP contribution >= 0.6 is 0 Å². The molecule has 0 atom stereocenters. The molecule has 1 aromatic heterocycles. The van der Waals surface area contributed by atoms with Crippen LogP contribution in [0.1, 0.15) is 22.5 Å². The number of amides is 1. The molecule has 2 aromatic rings. The minimum absolute atomic E-state index is 0.0796. The van der Waals surface area contributed by atoms with Gasteiger partial charge in [0.05, 0.1) is 12.2 Å². The van der Waals surface area contributed by atoms with E-state index in [4.69, 9.17) is 4.74 Å². The third-order valence-electron chi connectivity index (χ3n) is 3.44. The molecule has 1 heterocycles. The van der Waals surface area contributed by atoms with Crippen LogP contribution in [0.2, 0.25) is 0 Å². The number of hydrogen-bond acceptors (Lipinski definition) is 3. The number of aromatic nitrogens is 2. The maximum atomic E-state index is 11.5. The van der Waals surface area contributed by atoms with E-state index in [2.05, 4.69) is 22.5 Å². The van der Waals surface area contributed by atoms with Gasteiger partial charge in [-0.15, -0.1) is 0 Å². The fraction of sp³-hybridized carbons (Fsp3) is 0.375. The zero-order valence-corrected chi connectivity index (χ0v) is 12.7. The first-order valence-electron chi connectivity index (χ1n) is 6.94. The molecule has 112 valence electrons. The summed E-state index contributed by atoms with van der Waals surface area (Å²) in [6, 6.07) is 10.2. The van der Waals surface area contributed by atoms with E-state index in [1.165, 1.54) is 12.7 Å². The van der Waals surface area contributed by atoms with Crippen LogP contribution in [0.5, 0.6) is 0 Å². The third kappa shape index (κ3) is 3.92. The number of aryl methyl sites for hydroxylation is 1. The average molecular weight is 287 g/mol. The number of benzene rings is 1. The predicted octanol–water partition coefficient (Wildman–Crippen LogP) is 1.81. The molecule has 0 fully saturated rings. The number of carbonyl (C=O) groups excluding carboxylic acids is 1. The highest BCUT2D eigenvalue weighted by atomic mass is 16.5. The first-order valence-corrected chi connectivity index (χ1v) is 6.94. The molecule has 0 bridgehead atoms. The molecule has 0 aliphatic rings. The first-order chi connectivity index (χ1) is 10.1. The minimum atomic E-state index is -0.118. The van der Waals surface area contributed by atoms with Crippen molar-refractivity contribution < 1.29 is 9.53 Å². The fourth-order valence-electron chi connectivity index (χ4n) is 2.27. The Kier molecular flexibility index (Phi) is 5.11. The van der Waals surface area contributed by atoms with Gasteiger partial charge in [0.15, 0.2) is 0 Å². The molecule has 0 unspecified atom stereocenters. The number of rotatable bonds is 6. The summed E-state index contributed by atoms with van der Waals surface area (Å²) in [6.45, 7) is 5.29. The lowest BCUT2D eigenvalue weighted by molar-refractivity contribution is -0.124. The Labute approximate surface area is 124 Å². The van der Waals surface area contributed by atoms with E-state index in [0.29, 0.717) is 6.54 Å². The van der Waals surface area contributed by atoms with E-state index >= 15 is 0 Å². The molecule has 2 rings (SSSR count). The zero-order valence-electron chi connectivity index (χ0n) is 12.7. The van der Waals surface area contributed by atoms with Gasteiger partial charge in [0.25, 0.3) is 0 Å². The topological polar surface area (TPSA) is 56.1 Å². The molecule has 1 amide bonds. The van der Waals surface area contributed by atoms with Gasteiger partial charge in [0, 0.05) is 24.9 Å². The van der Waals surface area contributed by atoms with Crippen LogP contribution < -0.4 is 5.32 Å². The molecule has 5 heteroatoms. The average Bonchev–Trinajstić information content (AvgIpc) is 2.73. The van der Waals surface area contributed by atoms with Crippen molar-refractivity contribution >= 4 is 5.91 Å². The van der Waals surface area contributed by atoms with Gasteiger partial charge >= 0.3 is 0 Å². The summed E-state index contributed by atoms with van der Waals surface area (Å²) in [5.74, 6) is -0.118. The van der Waals surface area contributed by atoms with Crippen molar-refractivity contribution in [3.8, 4) is 0 Å². The van der Waals surface area contributed by atoms with Crippen LogP contribution in [0, 0.1) is 13.8 Å². The molecule has 0 saturated carbocycles. The molecular weight excluding hydrogens is 266 g/mol. The van der Waals surface area contributed by atoms with Crippen LogP contribution in [-0.4, -0.2) is 29.4 Å². The molecule has 0 aliphatic carbocycles. The summed E-state index contributed by atoms with van der Waals surface area (Å²) >= 11 is 0. The van der Waals surface area contributed by atoms with Crippen LogP contribution in [0.4, 0.5) is 0 Å². The van der Waals surface area contributed by atoms with E-state index < -0.39 is 0 Å². The van der Waals surface area contributed by atoms with Crippen molar-refractivity contribution in [2.75, 3.05) is 13.7 Å². The smallest absolute Gasteiger partial charge is 0.246 e. The fourth-order valence-corrected chi connectivity index (χ4v) is 2.27. The number of nitrogens with zero attached hydrogens (tertiary/aromatic N) is 2. The van der Waals surface area contributed by atoms with Crippen molar-refractivity contribution in [3.63, 3.8) is 0 Å². The van der Waals surface area contributed by atoms with Gasteiger partial charge in [-0.05, 0) is 19.4 Å². The Morgan fingerprint density at radius 1 is 1.29 bits per heavy atom. The van der Waals surface area contributed by atoms with Crippen molar-refractivity contribution in [2.24, 2.45) is 0 Å². The van der Waals surface area contributed by atoms with Crippen molar-refractivity contribution in [2.45, 2.75) is 26.9 Å². The summed E-state index contributed by atoms with van der Waals surface area (Å²) in [4.78, 5) is 11.5. The van der Waals surface area contributed by atoms with Crippen molar-refractivity contribution in [3.05, 3.63) is 52.8 Å². The van der Waals surface area contributed by atoms with Gasteiger partial charge in [-0.3, -0.25) is 9.48 Å². The van der Waals surface area contributed by atoms with Crippen molar-refractivity contribution in [1.82, 2.24) is 15.1 Å². The molecule has 1 aromatic carbocycles. The lowest BCUT2D eigenvalue weighted by Crippen LogP contribution is -2.27. The van der Waals surface area contributed by atoms with E-state index in [9.17, 15) is 4.79 Å². The maximum absolute atomic E-state index is 11.5. The third-order valence-corrected chi connectivity index (χ3v) is 3.44. The van der Waals surface area contributed by atoms with Gasteiger partial charge in [0.1, 0.15) is 6.61 Å². The number of nitrogens with one attached hydrogen (secondary N) is 1. The second-order valence-electron chi connectivity index (χ2n) is 5.00. The Morgan fingerprint density at radius 3 is 2.67 bits per heavy atom. The minimum Gasteiger partial charge on any atom is -0.375 e. The highest BCUT2D eigenvalue weighted by Crippen LogP contribution is 2.14. The van der Waals surface area contributed by atoms with Gasteiger partial charge in [-0.25, -0.2) is 0 Å².